The first-order valence-electron chi connectivity index (χ1n) is 7.99. The van der Waals surface area contributed by atoms with E-state index in [4.69, 9.17) is 0 Å². The summed E-state index contributed by atoms with van der Waals surface area (Å²) in [4.78, 5) is 3.19. The minimum Gasteiger partial charge on any atom is -0.300 e. The molecule has 130 valence electrons. The molecule has 1 aromatic heterocycles. The van der Waals surface area contributed by atoms with Crippen LogP contribution in [0.15, 0.2) is 40.6 Å². The number of sulfonamides is 1. The van der Waals surface area contributed by atoms with E-state index in [1.807, 2.05) is 19.1 Å². The smallest absolute Gasteiger partial charge is 0.252 e. The highest BCUT2D eigenvalue weighted by Gasteiger charge is 2.29. The van der Waals surface area contributed by atoms with Crippen LogP contribution >= 0.6 is 11.3 Å². The zero-order valence-corrected chi connectivity index (χ0v) is 15.2. The standard InChI is InChI=1S/C17H21FN2O2S2/c1-14-6-7-17(23-14)24(21,22)20-12-10-19(11-13-20)9-8-15-4-2-3-5-16(15)18/h2-7H,8-13H2,1H3. The van der Waals surface area contributed by atoms with Gasteiger partial charge in [0, 0.05) is 37.6 Å². The quantitative estimate of drug-likeness (QED) is 0.815. The number of hydrogen-bond acceptors (Lipinski definition) is 4. The van der Waals surface area contributed by atoms with Gasteiger partial charge in [0.1, 0.15) is 10.0 Å². The minimum absolute atomic E-state index is 0.174. The van der Waals surface area contributed by atoms with E-state index in [9.17, 15) is 12.8 Å². The average molecular weight is 368 g/mol. The van der Waals surface area contributed by atoms with Crippen molar-refractivity contribution in [3.05, 3.63) is 52.7 Å². The third-order valence-electron chi connectivity index (χ3n) is 4.30. The third-order valence-corrected chi connectivity index (χ3v) is 7.66. The maximum absolute atomic E-state index is 13.6. The second-order valence-corrected chi connectivity index (χ2v) is 9.40. The van der Waals surface area contributed by atoms with Crippen LogP contribution < -0.4 is 0 Å². The summed E-state index contributed by atoms with van der Waals surface area (Å²) in [5.41, 5.74) is 0.710. The molecule has 3 rings (SSSR count). The molecule has 0 unspecified atom stereocenters. The first-order chi connectivity index (χ1) is 11.5. The van der Waals surface area contributed by atoms with Gasteiger partial charge in [-0.1, -0.05) is 18.2 Å². The summed E-state index contributed by atoms with van der Waals surface area (Å²) in [5, 5.41) is 0. The first-order valence-corrected chi connectivity index (χ1v) is 10.2. The van der Waals surface area contributed by atoms with Gasteiger partial charge in [-0.3, -0.25) is 0 Å². The summed E-state index contributed by atoms with van der Waals surface area (Å²) in [5.74, 6) is -0.174. The highest BCUT2D eigenvalue weighted by Crippen LogP contribution is 2.25. The molecule has 1 aliphatic rings. The van der Waals surface area contributed by atoms with Gasteiger partial charge in [-0.2, -0.15) is 4.31 Å². The molecule has 0 bridgehead atoms. The number of thiophene rings is 1. The van der Waals surface area contributed by atoms with Crippen LogP contribution in [0, 0.1) is 12.7 Å². The molecule has 1 fully saturated rings. The topological polar surface area (TPSA) is 40.6 Å². The fourth-order valence-corrected chi connectivity index (χ4v) is 5.71. The fourth-order valence-electron chi connectivity index (χ4n) is 2.85. The summed E-state index contributed by atoms with van der Waals surface area (Å²) in [6.45, 7) is 4.97. The van der Waals surface area contributed by atoms with Crippen molar-refractivity contribution >= 4 is 21.4 Å². The highest BCUT2D eigenvalue weighted by molar-refractivity contribution is 7.91. The molecule has 0 N–H and O–H groups in total. The number of hydrogen-bond donors (Lipinski definition) is 0. The number of aryl methyl sites for hydroxylation is 1. The summed E-state index contributed by atoms with van der Waals surface area (Å²) in [6.07, 6.45) is 0.642. The molecule has 1 saturated heterocycles. The Morgan fingerprint density at radius 3 is 2.42 bits per heavy atom. The fraction of sp³-hybridized carbons (Fsp3) is 0.412. The van der Waals surface area contributed by atoms with Gasteiger partial charge in [0.2, 0.25) is 0 Å². The normalized spacial score (nSPS) is 17.2. The van der Waals surface area contributed by atoms with Crippen molar-refractivity contribution in [2.45, 2.75) is 17.6 Å². The predicted molar refractivity (Wildman–Crippen MR) is 94.4 cm³/mol. The van der Waals surface area contributed by atoms with Gasteiger partial charge < -0.3 is 4.90 Å². The lowest BCUT2D eigenvalue weighted by atomic mass is 10.1. The summed E-state index contributed by atoms with van der Waals surface area (Å²) in [7, 11) is -3.37. The SMILES string of the molecule is Cc1ccc(S(=O)(=O)N2CCN(CCc3ccccc3F)CC2)s1. The Morgan fingerprint density at radius 2 is 1.79 bits per heavy atom. The van der Waals surface area contributed by atoms with Crippen LogP contribution in [0.2, 0.25) is 0 Å². The molecule has 0 saturated carbocycles. The van der Waals surface area contributed by atoms with Crippen LogP contribution in [-0.4, -0.2) is 50.3 Å². The lowest BCUT2D eigenvalue weighted by Gasteiger charge is -2.33. The molecular formula is C17H21FN2O2S2. The molecule has 1 aliphatic heterocycles. The molecular weight excluding hydrogens is 347 g/mol. The van der Waals surface area contributed by atoms with Gasteiger partial charge in [0.25, 0.3) is 10.0 Å². The van der Waals surface area contributed by atoms with Crippen LogP contribution in [0.25, 0.3) is 0 Å². The van der Waals surface area contributed by atoms with Crippen molar-refractivity contribution in [1.29, 1.82) is 0 Å². The Morgan fingerprint density at radius 1 is 1.08 bits per heavy atom. The summed E-state index contributed by atoms with van der Waals surface area (Å²) >= 11 is 1.31. The molecule has 0 radical (unpaired) electrons. The predicted octanol–water partition coefficient (Wildman–Crippen LogP) is 2.74. The van der Waals surface area contributed by atoms with E-state index in [1.54, 1.807) is 22.5 Å². The number of piperazine rings is 1. The van der Waals surface area contributed by atoms with E-state index in [0.717, 1.165) is 11.4 Å². The Kier molecular flexibility index (Phi) is 5.34. The van der Waals surface area contributed by atoms with E-state index in [0.29, 0.717) is 42.4 Å². The molecule has 0 amide bonds. The molecule has 0 aliphatic carbocycles. The summed E-state index contributed by atoms with van der Waals surface area (Å²) in [6, 6.07) is 10.3. The molecule has 2 heterocycles. The zero-order chi connectivity index (χ0) is 17.2. The molecule has 7 heteroatoms. The van der Waals surface area contributed by atoms with Crippen molar-refractivity contribution in [3.8, 4) is 0 Å². The molecule has 4 nitrogen and oxygen atoms in total. The summed E-state index contributed by atoms with van der Waals surface area (Å²) < 4.78 is 40.8. The number of benzene rings is 1. The van der Waals surface area contributed by atoms with Gasteiger partial charge in [-0.05, 0) is 37.1 Å². The molecule has 0 spiro atoms. The van der Waals surface area contributed by atoms with Crippen LogP contribution in [0.4, 0.5) is 4.39 Å². The maximum Gasteiger partial charge on any atom is 0.252 e. The van der Waals surface area contributed by atoms with Crippen molar-refractivity contribution < 1.29 is 12.8 Å². The third kappa shape index (κ3) is 3.85. The van der Waals surface area contributed by atoms with Crippen LogP contribution in [0.5, 0.6) is 0 Å². The zero-order valence-electron chi connectivity index (χ0n) is 13.6. The largest absolute Gasteiger partial charge is 0.300 e. The van der Waals surface area contributed by atoms with E-state index in [-0.39, 0.29) is 5.82 Å². The second kappa shape index (κ2) is 7.31. The maximum atomic E-state index is 13.6. The second-order valence-electron chi connectivity index (χ2n) is 5.95. The van der Waals surface area contributed by atoms with Crippen LogP contribution in [0.1, 0.15) is 10.4 Å². The average Bonchev–Trinajstić information content (AvgIpc) is 3.02. The van der Waals surface area contributed by atoms with Crippen molar-refractivity contribution in [3.63, 3.8) is 0 Å². The van der Waals surface area contributed by atoms with E-state index < -0.39 is 10.0 Å². The molecule has 2 aromatic rings. The van der Waals surface area contributed by atoms with Crippen molar-refractivity contribution in [2.24, 2.45) is 0 Å². The van der Waals surface area contributed by atoms with E-state index >= 15 is 0 Å². The number of halogens is 1. The Bertz CT molecular complexity index is 796. The lowest BCUT2D eigenvalue weighted by Crippen LogP contribution is -2.48. The van der Waals surface area contributed by atoms with Crippen LogP contribution in [-0.2, 0) is 16.4 Å². The van der Waals surface area contributed by atoms with Gasteiger partial charge in [-0.15, -0.1) is 11.3 Å². The number of rotatable bonds is 5. The molecule has 24 heavy (non-hydrogen) atoms. The monoisotopic (exact) mass is 368 g/mol. The van der Waals surface area contributed by atoms with Gasteiger partial charge in [0.05, 0.1) is 0 Å². The van der Waals surface area contributed by atoms with E-state index in [1.165, 1.54) is 17.4 Å². The first kappa shape index (κ1) is 17.5. The number of nitrogens with zero attached hydrogens (tertiary/aromatic N) is 2. The van der Waals surface area contributed by atoms with E-state index in [2.05, 4.69) is 4.90 Å². The van der Waals surface area contributed by atoms with Gasteiger partial charge >= 0.3 is 0 Å². The molecule has 0 atom stereocenters. The Labute approximate surface area is 146 Å². The Balaban J connectivity index is 1.55. The lowest BCUT2D eigenvalue weighted by molar-refractivity contribution is 0.190. The van der Waals surface area contributed by atoms with Crippen molar-refractivity contribution in [1.82, 2.24) is 9.21 Å². The van der Waals surface area contributed by atoms with Crippen molar-refractivity contribution in [2.75, 3.05) is 32.7 Å². The Hall–Kier alpha value is -1.28. The molecule has 1 aromatic carbocycles. The van der Waals surface area contributed by atoms with Crippen LogP contribution in [0.3, 0.4) is 0 Å². The van der Waals surface area contributed by atoms with Gasteiger partial charge in [-0.25, -0.2) is 12.8 Å². The highest BCUT2D eigenvalue weighted by atomic mass is 32.2. The van der Waals surface area contributed by atoms with Gasteiger partial charge in [0.15, 0.2) is 0 Å². The minimum atomic E-state index is -3.37.